The highest BCUT2D eigenvalue weighted by atomic mass is 15.1. The summed E-state index contributed by atoms with van der Waals surface area (Å²) >= 11 is 0. The smallest absolute Gasteiger partial charge is 0.0619 e. The van der Waals surface area contributed by atoms with Crippen LogP contribution in [0.15, 0.2) is 232 Å². The first-order valence-electron chi connectivity index (χ1n) is 19.7. The number of rotatable bonds is 9. The molecular formula is C56H40N2. The molecule has 0 aliphatic carbocycles. The zero-order valence-corrected chi connectivity index (χ0v) is 32.1. The van der Waals surface area contributed by atoms with Crippen LogP contribution in [-0.2, 0) is 0 Å². The maximum atomic E-state index is 4.13. The van der Waals surface area contributed by atoms with E-state index in [4.69, 9.17) is 0 Å². The monoisotopic (exact) mass is 740 g/mol. The molecule has 0 aliphatic heterocycles. The third-order valence-electron chi connectivity index (χ3n) is 11.2. The first-order valence-corrected chi connectivity index (χ1v) is 19.7. The van der Waals surface area contributed by atoms with Gasteiger partial charge in [-0.15, -0.1) is 0 Å². The summed E-state index contributed by atoms with van der Waals surface area (Å²) in [5, 5.41) is 7.27. The van der Waals surface area contributed by atoms with Crippen LogP contribution >= 0.6 is 0 Å². The van der Waals surface area contributed by atoms with E-state index in [0.29, 0.717) is 0 Å². The average molecular weight is 741 g/mol. The molecule has 0 bridgehead atoms. The average Bonchev–Trinajstić information content (AvgIpc) is 3.64. The number of para-hydroxylation sites is 1. The predicted molar refractivity (Wildman–Crippen MR) is 250 cm³/mol. The second kappa shape index (κ2) is 14.8. The van der Waals surface area contributed by atoms with Crippen LogP contribution in [0.4, 0.5) is 17.1 Å². The van der Waals surface area contributed by atoms with Gasteiger partial charge in [0.15, 0.2) is 0 Å². The van der Waals surface area contributed by atoms with E-state index in [1.807, 2.05) is 18.2 Å². The molecule has 0 saturated carbocycles. The van der Waals surface area contributed by atoms with Crippen molar-refractivity contribution in [1.29, 1.82) is 0 Å². The van der Waals surface area contributed by atoms with E-state index in [0.717, 1.165) is 45.0 Å². The Morgan fingerprint density at radius 3 is 1.90 bits per heavy atom. The molecule has 58 heavy (non-hydrogen) atoms. The number of anilines is 3. The third kappa shape index (κ3) is 6.18. The minimum Gasteiger partial charge on any atom is -0.310 e. The van der Waals surface area contributed by atoms with Crippen molar-refractivity contribution in [3.63, 3.8) is 0 Å². The number of fused-ring (bicyclic) bond motifs is 6. The Labute approximate surface area is 339 Å². The molecule has 0 spiro atoms. The lowest BCUT2D eigenvalue weighted by atomic mass is 9.99. The van der Waals surface area contributed by atoms with Gasteiger partial charge in [-0.1, -0.05) is 177 Å². The normalized spacial score (nSPS) is 11.7. The first-order chi connectivity index (χ1) is 28.7. The number of benzene rings is 9. The van der Waals surface area contributed by atoms with Crippen LogP contribution in [0.3, 0.4) is 0 Å². The molecule has 0 saturated heterocycles. The fourth-order valence-corrected chi connectivity index (χ4v) is 8.51. The maximum absolute atomic E-state index is 4.13. The molecule has 0 aliphatic rings. The lowest BCUT2D eigenvalue weighted by Gasteiger charge is -2.28. The Kier molecular flexibility index (Phi) is 8.85. The Hall–Kier alpha value is -7.68. The number of allylic oxidation sites excluding steroid dienone is 4. The molecule has 1 aromatic heterocycles. The van der Waals surface area contributed by atoms with E-state index >= 15 is 0 Å². The molecule has 2 heteroatoms. The van der Waals surface area contributed by atoms with Crippen LogP contribution in [0.25, 0.3) is 76.9 Å². The highest BCUT2D eigenvalue weighted by molar-refractivity contribution is 6.18. The van der Waals surface area contributed by atoms with Gasteiger partial charge in [-0.2, -0.15) is 0 Å². The van der Waals surface area contributed by atoms with Crippen LogP contribution < -0.4 is 4.90 Å². The van der Waals surface area contributed by atoms with Crippen LogP contribution in [-0.4, -0.2) is 4.57 Å². The molecule has 0 fully saturated rings. The molecule has 2 nitrogen and oxygen atoms in total. The second-order valence-electron chi connectivity index (χ2n) is 14.7. The van der Waals surface area contributed by atoms with Crippen LogP contribution in [0.5, 0.6) is 0 Å². The van der Waals surface area contributed by atoms with Crippen molar-refractivity contribution in [3.8, 4) is 27.9 Å². The fourth-order valence-electron chi connectivity index (χ4n) is 8.51. The number of hydrogen-bond donors (Lipinski definition) is 0. The summed E-state index contributed by atoms with van der Waals surface area (Å²) in [5.41, 5.74) is 13.4. The van der Waals surface area contributed by atoms with Gasteiger partial charge < -0.3 is 9.47 Å². The molecule has 10 aromatic rings. The van der Waals surface area contributed by atoms with Crippen molar-refractivity contribution in [2.45, 2.75) is 0 Å². The van der Waals surface area contributed by atoms with Crippen molar-refractivity contribution in [3.05, 3.63) is 237 Å². The minimum absolute atomic E-state index is 1.01. The van der Waals surface area contributed by atoms with Crippen LogP contribution in [0.2, 0.25) is 0 Å². The molecule has 0 radical (unpaired) electrons. The molecule has 0 atom stereocenters. The quantitative estimate of drug-likeness (QED) is 0.134. The predicted octanol–water partition coefficient (Wildman–Crippen LogP) is 15.6. The largest absolute Gasteiger partial charge is 0.310 e. The Bertz CT molecular complexity index is 3200. The Morgan fingerprint density at radius 1 is 0.431 bits per heavy atom. The van der Waals surface area contributed by atoms with E-state index in [9.17, 15) is 0 Å². The summed E-state index contributed by atoms with van der Waals surface area (Å²) in [7, 11) is 0. The van der Waals surface area contributed by atoms with E-state index in [1.54, 1.807) is 0 Å². The summed E-state index contributed by atoms with van der Waals surface area (Å²) in [6.07, 6.45) is 5.73. The van der Waals surface area contributed by atoms with Crippen LogP contribution in [0.1, 0.15) is 5.56 Å². The van der Waals surface area contributed by atoms with Gasteiger partial charge in [-0.05, 0) is 104 Å². The molecule has 10 rings (SSSR count). The lowest BCUT2D eigenvalue weighted by Crippen LogP contribution is -2.11. The van der Waals surface area contributed by atoms with Gasteiger partial charge in [-0.25, -0.2) is 0 Å². The van der Waals surface area contributed by atoms with Gasteiger partial charge in [0.1, 0.15) is 0 Å². The highest BCUT2D eigenvalue weighted by Crippen LogP contribution is 2.43. The molecule has 0 N–H and O–H groups in total. The van der Waals surface area contributed by atoms with E-state index in [2.05, 4.69) is 223 Å². The molecule has 0 unspecified atom stereocenters. The maximum Gasteiger partial charge on any atom is 0.0619 e. The number of hydrogen-bond acceptors (Lipinski definition) is 1. The summed E-state index contributed by atoms with van der Waals surface area (Å²) in [5.74, 6) is 0. The minimum atomic E-state index is 1.01. The van der Waals surface area contributed by atoms with Crippen molar-refractivity contribution in [2.75, 3.05) is 4.90 Å². The Balaban J connectivity index is 1.25. The molecule has 9 aromatic carbocycles. The molecule has 0 amide bonds. The van der Waals surface area contributed by atoms with Gasteiger partial charge in [0.2, 0.25) is 0 Å². The van der Waals surface area contributed by atoms with Gasteiger partial charge in [-0.3, -0.25) is 0 Å². The summed E-state index contributed by atoms with van der Waals surface area (Å²) in [6, 6.07) is 72.6. The van der Waals surface area contributed by atoms with Crippen molar-refractivity contribution >= 4 is 66.0 Å². The van der Waals surface area contributed by atoms with Gasteiger partial charge in [0.25, 0.3) is 0 Å². The first kappa shape index (κ1) is 34.8. The number of aromatic nitrogens is 1. The molecule has 274 valence electrons. The van der Waals surface area contributed by atoms with Gasteiger partial charge in [0, 0.05) is 38.9 Å². The van der Waals surface area contributed by atoms with E-state index in [-0.39, 0.29) is 0 Å². The SMILES string of the molecule is C=C/C=C(\C=C)c1cccc(N(c2cc(-c3ccccc3)cc(-n3c4ccccc4c4ccc5ccccc5c43)c2)c2ccc3cc(-c4ccccc4)ccc3c2)c1. The Morgan fingerprint density at radius 2 is 1.10 bits per heavy atom. The van der Waals surface area contributed by atoms with Crippen molar-refractivity contribution in [2.24, 2.45) is 0 Å². The standard InChI is InChI=1S/C56H40N2/c1-3-16-39(4-2)43-22-15-23-48(34-43)57(49-31-29-45-33-44(27-28-46(45)35-49)40-17-7-5-8-18-40)50-36-47(41-19-9-6-10-20-41)37-51(38-50)58-55-26-14-13-25-53(55)54-32-30-42-21-11-12-24-52(42)56(54)58/h3-38H,1-2H2/b39-16+. The van der Waals surface area contributed by atoms with Gasteiger partial charge >= 0.3 is 0 Å². The van der Waals surface area contributed by atoms with Crippen LogP contribution in [0, 0.1) is 0 Å². The zero-order chi connectivity index (χ0) is 39.0. The topological polar surface area (TPSA) is 8.17 Å². The summed E-state index contributed by atoms with van der Waals surface area (Å²) in [4.78, 5) is 2.39. The summed E-state index contributed by atoms with van der Waals surface area (Å²) < 4.78 is 2.46. The highest BCUT2D eigenvalue weighted by Gasteiger charge is 2.20. The lowest BCUT2D eigenvalue weighted by molar-refractivity contribution is 1.17. The fraction of sp³-hybridized carbons (Fsp3) is 0. The van der Waals surface area contributed by atoms with Crippen molar-refractivity contribution in [1.82, 2.24) is 4.57 Å². The zero-order valence-electron chi connectivity index (χ0n) is 32.1. The third-order valence-corrected chi connectivity index (χ3v) is 11.2. The molecular weight excluding hydrogens is 701 g/mol. The number of nitrogens with zero attached hydrogens (tertiary/aromatic N) is 2. The van der Waals surface area contributed by atoms with Gasteiger partial charge in [0.05, 0.1) is 11.0 Å². The second-order valence-corrected chi connectivity index (χ2v) is 14.7. The van der Waals surface area contributed by atoms with Crippen molar-refractivity contribution < 1.29 is 0 Å². The summed E-state index contributed by atoms with van der Waals surface area (Å²) in [6.45, 7) is 8.11. The molecule has 1 heterocycles. The van der Waals surface area contributed by atoms with E-state index in [1.165, 1.54) is 54.5 Å². The van der Waals surface area contributed by atoms with E-state index < -0.39 is 0 Å².